The number of nitrogens with one attached hydrogen (secondary N) is 1. The number of nitrogens with zero attached hydrogens (tertiary/aromatic N) is 1. The lowest BCUT2D eigenvalue weighted by molar-refractivity contribution is 0.491. The zero-order valence-corrected chi connectivity index (χ0v) is 18.4. The van der Waals surface area contributed by atoms with E-state index in [9.17, 15) is 8.42 Å². The van der Waals surface area contributed by atoms with E-state index in [1.165, 1.54) is 23.5 Å². The van der Waals surface area contributed by atoms with Crippen molar-refractivity contribution in [3.63, 3.8) is 0 Å². The van der Waals surface area contributed by atoms with E-state index in [1.807, 2.05) is 18.2 Å². The van der Waals surface area contributed by atoms with Gasteiger partial charge in [-0.1, -0.05) is 36.4 Å². The molecule has 0 bridgehead atoms. The van der Waals surface area contributed by atoms with Gasteiger partial charge in [-0.2, -0.15) is 0 Å². The predicted molar refractivity (Wildman–Crippen MR) is 121 cm³/mol. The molecular weight excluding hydrogens is 419 g/mol. The fraction of sp³-hybridized carbons (Fsp3) is 0.174. The Balaban J connectivity index is 1.77. The topological polar surface area (TPSA) is 59.1 Å². The Kier molecular flexibility index (Phi) is 5.22. The molecule has 4 aromatic rings. The van der Waals surface area contributed by atoms with Gasteiger partial charge in [-0.05, 0) is 56.2 Å². The fourth-order valence-electron chi connectivity index (χ4n) is 3.34. The lowest BCUT2D eigenvalue weighted by atomic mass is 9.99. The third-order valence-corrected chi connectivity index (χ3v) is 7.16. The summed E-state index contributed by atoms with van der Waals surface area (Å²) in [7, 11) is -3.77. The normalized spacial score (nSPS) is 12.4. The molecule has 30 heavy (non-hydrogen) atoms. The first-order valence-corrected chi connectivity index (χ1v) is 11.8. The summed E-state index contributed by atoms with van der Waals surface area (Å²) < 4.78 is 44.6. The summed E-state index contributed by atoms with van der Waals surface area (Å²) in [6.07, 6.45) is 0. The van der Waals surface area contributed by atoms with Crippen molar-refractivity contribution in [2.75, 3.05) is 0 Å². The second-order valence-corrected chi connectivity index (χ2v) is 10.6. The van der Waals surface area contributed by atoms with E-state index in [0.717, 1.165) is 15.8 Å². The van der Waals surface area contributed by atoms with Crippen molar-refractivity contribution in [2.24, 2.45) is 0 Å². The van der Waals surface area contributed by atoms with Crippen LogP contribution in [0.1, 0.15) is 20.8 Å². The van der Waals surface area contributed by atoms with Gasteiger partial charge in [0, 0.05) is 16.7 Å². The van der Waals surface area contributed by atoms with Crippen LogP contribution in [0.25, 0.3) is 32.5 Å². The van der Waals surface area contributed by atoms with Crippen molar-refractivity contribution in [3.05, 3.63) is 72.0 Å². The van der Waals surface area contributed by atoms with E-state index in [1.54, 1.807) is 56.6 Å². The van der Waals surface area contributed by atoms with Crippen LogP contribution in [0.4, 0.5) is 4.39 Å². The number of hydrogen-bond donors (Lipinski definition) is 1. The molecule has 0 atom stereocenters. The summed E-state index contributed by atoms with van der Waals surface area (Å²) in [5.74, 6) is -0.418. The van der Waals surface area contributed by atoms with Crippen LogP contribution >= 0.6 is 11.3 Å². The van der Waals surface area contributed by atoms with Gasteiger partial charge in [0.25, 0.3) is 0 Å². The molecule has 0 aliphatic heterocycles. The number of halogens is 1. The van der Waals surface area contributed by atoms with Crippen LogP contribution in [0.5, 0.6) is 0 Å². The average molecular weight is 441 g/mol. The molecule has 0 spiro atoms. The minimum atomic E-state index is -3.77. The molecule has 1 aromatic heterocycles. The smallest absolute Gasteiger partial charge is 0.241 e. The molecule has 0 saturated carbocycles. The van der Waals surface area contributed by atoms with Gasteiger partial charge in [-0.3, -0.25) is 0 Å². The van der Waals surface area contributed by atoms with Crippen LogP contribution in [0.2, 0.25) is 0 Å². The number of rotatable bonds is 4. The molecular formula is C23H21FN2O2S2. The Labute approximate surface area is 179 Å². The minimum Gasteiger partial charge on any atom is -0.245 e. The Hall–Kier alpha value is -2.61. The second kappa shape index (κ2) is 7.58. The lowest BCUT2D eigenvalue weighted by Crippen LogP contribution is -2.40. The Morgan fingerprint density at radius 3 is 2.37 bits per heavy atom. The van der Waals surface area contributed by atoms with Crippen molar-refractivity contribution < 1.29 is 12.8 Å². The van der Waals surface area contributed by atoms with E-state index < -0.39 is 21.4 Å². The van der Waals surface area contributed by atoms with Crippen molar-refractivity contribution in [1.29, 1.82) is 0 Å². The zero-order valence-electron chi connectivity index (χ0n) is 16.8. The van der Waals surface area contributed by atoms with Gasteiger partial charge in [0.2, 0.25) is 10.0 Å². The maximum Gasteiger partial charge on any atom is 0.241 e. The van der Waals surface area contributed by atoms with Crippen molar-refractivity contribution in [2.45, 2.75) is 31.2 Å². The Bertz CT molecular complexity index is 1340. The van der Waals surface area contributed by atoms with Gasteiger partial charge in [-0.15, -0.1) is 11.3 Å². The van der Waals surface area contributed by atoms with Gasteiger partial charge >= 0.3 is 0 Å². The summed E-state index contributed by atoms with van der Waals surface area (Å²) in [5.41, 5.74) is 4.09. The monoisotopic (exact) mass is 440 g/mol. The van der Waals surface area contributed by atoms with Crippen LogP contribution in [0.15, 0.2) is 71.1 Å². The van der Waals surface area contributed by atoms with E-state index in [-0.39, 0.29) is 4.90 Å². The summed E-state index contributed by atoms with van der Waals surface area (Å²) in [6.45, 7) is 5.34. The molecule has 1 N–H and O–H groups in total. The molecule has 0 fully saturated rings. The molecule has 0 amide bonds. The van der Waals surface area contributed by atoms with E-state index >= 15 is 4.39 Å². The Morgan fingerprint density at radius 1 is 0.933 bits per heavy atom. The van der Waals surface area contributed by atoms with Gasteiger partial charge in [0.1, 0.15) is 5.82 Å². The number of fused-ring (bicyclic) bond motifs is 1. The highest BCUT2D eigenvalue weighted by molar-refractivity contribution is 7.89. The average Bonchev–Trinajstić information content (AvgIpc) is 3.14. The molecule has 0 unspecified atom stereocenters. The number of aromatic nitrogens is 1. The van der Waals surface area contributed by atoms with Crippen LogP contribution in [-0.4, -0.2) is 18.9 Å². The molecule has 3 aromatic carbocycles. The molecule has 0 radical (unpaired) electrons. The van der Waals surface area contributed by atoms with Gasteiger partial charge in [0.05, 0.1) is 20.6 Å². The van der Waals surface area contributed by atoms with E-state index in [2.05, 4.69) is 9.71 Å². The van der Waals surface area contributed by atoms with Crippen LogP contribution in [0.3, 0.4) is 0 Å². The van der Waals surface area contributed by atoms with Gasteiger partial charge < -0.3 is 0 Å². The minimum absolute atomic E-state index is 0.121. The first-order valence-electron chi connectivity index (χ1n) is 9.41. The standard InChI is InChI=1S/C23H21FN2O2S2/c1-23(2,3)26-30(27,28)22-7-5-4-6-18(22)15-8-10-17(19(24)12-15)16-9-11-21-20(13-16)25-14-29-21/h4-14,26H,1-3H3. The fourth-order valence-corrected chi connectivity index (χ4v) is 5.65. The molecule has 7 heteroatoms. The van der Waals surface area contributed by atoms with E-state index in [4.69, 9.17) is 0 Å². The first-order chi connectivity index (χ1) is 14.1. The van der Waals surface area contributed by atoms with Gasteiger partial charge in [0.15, 0.2) is 0 Å². The van der Waals surface area contributed by atoms with Crippen LogP contribution < -0.4 is 4.72 Å². The number of hydrogen-bond acceptors (Lipinski definition) is 4. The number of sulfonamides is 1. The molecule has 4 rings (SSSR count). The summed E-state index contributed by atoms with van der Waals surface area (Å²) in [6, 6.07) is 17.1. The second-order valence-electron chi connectivity index (χ2n) is 8.08. The summed E-state index contributed by atoms with van der Waals surface area (Å²) >= 11 is 1.54. The van der Waals surface area contributed by atoms with E-state index in [0.29, 0.717) is 16.7 Å². The maximum atomic E-state index is 15.1. The van der Waals surface area contributed by atoms with Crippen LogP contribution in [0, 0.1) is 5.82 Å². The number of thiazole rings is 1. The SMILES string of the molecule is CC(C)(C)NS(=O)(=O)c1ccccc1-c1ccc(-c2ccc3scnc3c2)c(F)c1. The molecule has 0 aliphatic carbocycles. The highest BCUT2D eigenvalue weighted by Gasteiger charge is 2.25. The highest BCUT2D eigenvalue weighted by atomic mass is 32.2. The van der Waals surface area contributed by atoms with Crippen molar-refractivity contribution in [3.8, 4) is 22.3 Å². The van der Waals surface area contributed by atoms with Crippen molar-refractivity contribution in [1.82, 2.24) is 9.71 Å². The molecule has 0 aliphatic rings. The Morgan fingerprint density at radius 2 is 1.63 bits per heavy atom. The third-order valence-electron chi connectivity index (χ3n) is 4.54. The quantitative estimate of drug-likeness (QED) is 0.433. The predicted octanol–water partition coefficient (Wildman–Crippen LogP) is 5.85. The van der Waals surface area contributed by atoms with Crippen LogP contribution in [-0.2, 0) is 10.0 Å². The van der Waals surface area contributed by atoms with Crippen molar-refractivity contribution >= 4 is 31.6 Å². The summed E-state index contributed by atoms with van der Waals surface area (Å²) in [4.78, 5) is 4.41. The summed E-state index contributed by atoms with van der Waals surface area (Å²) in [5, 5.41) is 0. The molecule has 4 nitrogen and oxygen atoms in total. The lowest BCUT2D eigenvalue weighted by Gasteiger charge is -2.21. The number of benzene rings is 3. The zero-order chi connectivity index (χ0) is 21.5. The highest BCUT2D eigenvalue weighted by Crippen LogP contribution is 2.33. The first kappa shape index (κ1) is 20.7. The van der Waals surface area contributed by atoms with Gasteiger partial charge in [-0.25, -0.2) is 22.5 Å². The maximum absolute atomic E-state index is 15.1. The largest absolute Gasteiger partial charge is 0.245 e. The molecule has 0 saturated heterocycles. The third kappa shape index (κ3) is 4.14. The molecule has 154 valence electrons. The molecule has 1 heterocycles.